The van der Waals surface area contributed by atoms with Crippen LogP contribution in [0.4, 0.5) is 0 Å². The molecule has 1 atom stereocenters. The van der Waals surface area contributed by atoms with Gasteiger partial charge < -0.3 is 19.9 Å². The van der Waals surface area contributed by atoms with Crippen molar-refractivity contribution in [3.05, 3.63) is 0 Å². The van der Waals surface area contributed by atoms with Crippen molar-refractivity contribution in [1.29, 1.82) is 0 Å². The number of nitrogens with one attached hydrogen (secondary N) is 1. The zero-order valence-electron chi connectivity index (χ0n) is 19.5. The minimum absolute atomic E-state index is 0. The molecule has 30 heavy (non-hydrogen) atoms. The Bertz CT molecular complexity index is 462. The summed E-state index contributed by atoms with van der Waals surface area (Å²) in [6, 6.07) is 0. The average molecular weight is 535 g/mol. The van der Waals surface area contributed by atoms with E-state index in [0.717, 1.165) is 51.0 Å². The lowest BCUT2D eigenvalue weighted by atomic mass is 10.1. The molecule has 1 unspecified atom stereocenters. The maximum atomic E-state index is 6.12. The first-order valence-corrected chi connectivity index (χ1v) is 12.7. The molecule has 6 heteroatoms. The lowest BCUT2D eigenvalue weighted by Gasteiger charge is -2.29. The van der Waals surface area contributed by atoms with E-state index in [2.05, 4.69) is 22.0 Å². The number of ether oxygens (including phenoxy) is 1. The molecule has 1 aliphatic carbocycles. The number of likely N-dealkylation sites (tertiary alicyclic amines) is 2. The molecule has 2 aliphatic heterocycles. The summed E-state index contributed by atoms with van der Waals surface area (Å²) in [5.41, 5.74) is 0. The van der Waals surface area contributed by atoms with Gasteiger partial charge in [0.15, 0.2) is 5.96 Å². The molecular weight excluding hydrogens is 487 g/mol. The Morgan fingerprint density at radius 1 is 0.933 bits per heavy atom. The molecule has 5 nitrogen and oxygen atoms in total. The number of nitrogens with zero attached hydrogens (tertiary/aromatic N) is 3. The van der Waals surface area contributed by atoms with Crippen molar-refractivity contribution >= 4 is 29.9 Å². The van der Waals surface area contributed by atoms with Gasteiger partial charge >= 0.3 is 0 Å². The maximum Gasteiger partial charge on any atom is 0.193 e. The summed E-state index contributed by atoms with van der Waals surface area (Å²) >= 11 is 0. The van der Waals surface area contributed by atoms with Crippen molar-refractivity contribution in [3.63, 3.8) is 0 Å². The Balaban J connectivity index is 0.00000320. The number of guanidine groups is 1. The first-order valence-electron chi connectivity index (χ1n) is 12.7. The number of halogens is 1. The topological polar surface area (TPSA) is 40.1 Å². The predicted molar refractivity (Wildman–Crippen MR) is 138 cm³/mol. The van der Waals surface area contributed by atoms with Crippen molar-refractivity contribution in [2.24, 2.45) is 10.9 Å². The van der Waals surface area contributed by atoms with Gasteiger partial charge in [-0.2, -0.15) is 0 Å². The highest BCUT2D eigenvalue weighted by atomic mass is 127. The molecule has 3 rings (SSSR count). The van der Waals surface area contributed by atoms with Crippen molar-refractivity contribution in [1.82, 2.24) is 15.1 Å². The van der Waals surface area contributed by atoms with Gasteiger partial charge in [0.25, 0.3) is 0 Å². The van der Waals surface area contributed by atoms with Crippen LogP contribution in [0.15, 0.2) is 4.99 Å². The number of hydrogen-bond acceptors (Lipinski definition) is 3. The third kappa shape index (κ3) is 9.60. The van der Waals surface area contributed by atoms with Crippen LogP contribution >= 0.6 is 24.0 Å². The van der Waals surface area contributed by atoms with Crippen molar-refractivity contribution in [2.45, 2.75) is 90.1 Å². The summed E-state index contributed by atoms with van der Waals surface area (Å²) in [4.78, 5) is 10.1. The zero-order chi connectivity index (χ0) is 20.2. The van der Waals surface area contributed by atoms with E-state index in [9.17, 15) is 0 Å². The monoisotopic (exact) mass is 534 g/mol. The molecule has 176 valence electrons. The number of unbranched alkanes of at least 4 members (excludes halogenated alkanes) is 1. The molecule has 0 amide bonds. The molecule has 0 aromatic rings. The third-order valence-electron chi connectivity index (χ3n) is 6.86. The van der Waals surface area contributed by atoms with E-state index in [0.29, 0.717) is 6.10 Å². The first kappa shape index (κ1) is 26.2. The van der Waals surface area contributed by atoms with Crippen molar-refractivity contribution in [3.8, 4) is 0 Å². The van der Waals surface area contributed by atoms with Gasteiger partial charge in [-0.25, -0.2) is 0 Å². The van der Waals surface area contributed by atoms with Gasteiger partial charge in [0, 0.05) is 39.3 Å². The summed E-state index contributed by atoms with van der Waals surface area (Å²) in [6.07, 6.45) is 16.4. The molecule has 0 aromatic heterocycles. The summed E-state index contributed by atoms with van der Waals surface area (Å²) in [6.45, 7) is 11.2. The van der Waals surface area contributed by atoms with Crippen LogP contribution in [0, 0.1) is 5.92 Å². The van der Waals surface area contributed by atoms with E-state index >= 15 is 0 Å². The Kier molecular flexibility index (Phi) is 13.7. The molecule has 0 aromatic carbocycles. The van der Waals surface area contributed by atoms with E-state index in [-0.39, 0.29) is 24.0 Å². The molecule has 0 radical (unpaired) electrons. The summed E-state index contributed by atoms with van der Waals surface area (Å²) < 4.78 is 6.12. The minimum Gasteiger partial charge on any atom is -0.378 e. The number of piperidine rings is 1. The lowest BCUT2D eigenvalue weighted by Crippen LogP contribution is -2.41. The predicted octanol–water partition coefficient (Wildman–Crippen LogP) is 4.90. The molecule has 0 spiro atoms. The largest absolute Gasteiger partial charge is 0.378 e. The maximum absolute atomic E-state index is 6.12. The molecule has 2 saturated heterocycles. The van der Waals surface area contributed by atoms with Gasteiger partial charge in [0.05, 0.1) is 6.10 Å². The fourth-order valence-electron chi connectivity index (χ4n) is 5.16. The molecule has 1 saturated carbocycles. The van der Waals surface area contributed by atoms with Crippen LogP contribution in [-0.2, 0) is 4.74 Å². The van der Waals surface area contributed by atoms with E-state index < -0.39 is 0 Å². The molecule has 2 heterocycles. The van der Waals surface area contributed by atoms with Crippen LogP contribution in [0.5, 0.6) is 0 Å². The van der Waals surface area contributed by atoms with Gasteiger partial charge in [-0.15, -0.1) is 24.0 Å². The normalized spacial score (nSPS) is 24.5. The fraction of sp³-hybridized carbons (Fsp3) is 0.958. The van der Waals surface area contributed by atoms with Crippen LogP contribution < -0.4 is 5.32 Å². The van der Waals surface area contributed by atoms with Crippen molar-refractivity contribution < 1.29 is 4.74 Å². The summed E-state index contributed by atoms with van der Waals surface area (Å²) in [7, 11) is 0. The van der Waals surface area contributed by atoms with Gasteiger partial charge in [-0.3, -0.25) is 4.99 Å². The Morgan fingerprint density at radius 3 is 2.40 bits per heavy atom. The fourth-order valence-corrected chi connectivity index (χ4v) is 5.16. The minimum atomic E-state index is 0. The molecule has 0 bridgehead atoms. The SMILES string of the molecule is CCNC(=NCCCCOC1CCCCCC1)N1CCC(CN2CCCCC2)C1.I. The number of hydrogen-bond donors (Lipinski definition) is 1. The van der Waals surface area contributed by atoms with E-state index in [1.54, 1.807) is 0 Å². The first-order chi connectivity index (χ1) is 14.3. The van der Waals surface area contributed by atoms with Crippen LogP contribution in [-0.4, -0.2) is 74.3 Å². The second kappa shape index (κ2) is 15.7. The number of aliphatic imine (C=N–C) groups is 1. The van der Waals surface area contributed by atoms with Gasteiger partial charge in [-0.1, -0.05) is 32.1 Å². The Hall–Kier alpha value is -0.0800. The van der Waals surface area contributed by atoms with E-state index in [1.807, 2.05) is 0 Å². The molecule has 3 aliphatic rings. The van der Waals surface area contributed by atoms with Crippen LogP contribution in [0.3, 0.4) is 0 Å². The van der Waals surface area contributed by atoms with Crippen LogP contribution in [0.1, 0.15) is 84.0 Å². The lowest BCUT2D eigenvalue weighted by molar-refractivity contribution is 0.0412. The van der Waals surface area contributed by atoms with E-state index in [1.165, 1.54) is 90.4 Å². The third-order valence-corrected chi connectivity index (χ3v) is 6.86. The standard InChI is InChI=1S/C24H46N4O.HI/c1-2-25-24(26-15-8-11-19-29-23-12-6-3-4-7-13-23)28-18-14-22(21-28)20-27-16-9-5-10-17-27;/h22-23H,2-21H2,1H3,(H,25,26);1H. The highest BCUT2D eigenvalue weighted by molar-refractivity contribution is 14.0. The van der Waals surface area contributed by atoms with Crippen LogP contribution in [0.2, 0.25) is 0 Å². The Labute approximate surface area is 202 Å². The highest BCUT2D eigenvalue weighted by Crippen LogP contribution is 2.21. The number of rotatable bonds is 9. The van der Waals surface area contributed by atoms with Gasteiger partial charge in [-0.05, 0) is 70.9 Å². The van der Waals surface area contributed by atoms with Crippen LogP contribution in [0.25, 0.3) is 0 Å². The summed E-state index contributed by atoms with van der Waals surface area (Å²) in [5.74, 6) is 1.95. The second-order valence-corrected chi connectivity index (χ2v) is 9.39. The zero-order valence-corrected chi connectivity index (χ0v) is 21.8. The summed E-state index contributed by atoms with van der Waals surface area (Å²) in [5, 5.41) is 3.53. The Morgan fingerprint density at radius 2 is 1.67 bits per heavy atom. The van der Waals surface area contributed by atoms with E-state index in [4.69, 9.17) is 9.73 Å². The molecule has 3 fully saturated rings. The quantitative estimate of drug-likeness (QED) is 0.150. The van der Waals surface area contributed by atoms with Gasteiger partial charge in [0.1, 0.15) is 0 Å². The molecule has 1 N–H and O–H groups in total. The highest BCUT2D eigenvalue weighted by Gasteiger charge is 2.26. The van der Waals surface area contributed by atoms with Crippen molar-refractivity contribution in [2.75, 3.05) is 52.4 Å². The van der Waals surface area contributed by atoms with Gasteiger partial charge in [0.2, 0.25) is 0 Å². The smallest absolute Gasteiger partial charge is 0.193 e. The average Bonchev–Trinajstić information content (AvgIpc) is 3.04. The second-order valence-electron chi connectivity index (χ2n) is 9.39. The molecular formula is C24H47IN4O.